The number of rotatable bonds is 8. The van der Waals surface area contributed by atoms with Crippen LogP contribution < -0.4 is 14.8 Å². The first kappa shape index (κ1) is 17.7. The van der Waals surface area contributed by atoms with Crippen LogP contribution in [0.3, 0.4) is 0 Å². The molecule has 1 aromatic heterocycles. The van der Waals surface area contributed by atoms with E-state index in [1.807, 2.05) is 25.1 Å². The molecule has 2 amide bonds. The van der Waals surface area contributed by atoms with E-state index in [0.717, 1.165) is 11.3 Å². The number of aromatic nitrogens is 2. The maximum atomic E-state index is 12.2. The average Bonchev–Trinajstić information content (AvgIpc) is 3.09. The molecule has 0 aliphatic rings. The predicted octanol–water partition coefficient (Wildman–Crippen LogP) is 2.20. The molecule has 2 rings (SSSR count). The first-order valence-electron chi connectivity index (χ1n) is 7.90. The number of urea groups is 1. The minimum Gasteiger partial charge on any atom is -0.493 e. The van der Waals surface area contributed by atoms with Crippen molar-refractivity contribution >= 4 is 6.03 Å². The summed E-state index contributed by atoms with van der Waals surface area (Å²) in [5, 5.41) is 2.89. The van der Waals surface area contributed by atoms with Crippen LogP contribution in [0.1, 0.15) is 18.2 Å². The fourth-order valence-electron chi connectivity index (χ4n) is 2.34. The number of nitrogens with one attached hydrogen (secondary N) is 2. The van der Waals surface area contributed by atoms with Gasteiger partial charge in [0.05, 0.1) is 26.6 Å². The zero-order valence-electron chi connectivity index (χ0n) is 14.3. The van der Waals surface area contributed by atoms with Crippen molar-refractivity contribution in [2.24, 2.45) is 0 Å². The van der Waals surface area contributed by atoms with E-state index in [0.29, 0.717) is 37.6 Å². The number of ether oxygens (including phenoxy) is 2. The third-order valence-electron chi connectivity index (χ3n) is 3.55. The Kier molecular flexibility index (Phi) is 6.48. The van der Waals surface area contributed by atoms with Gasteiger partial charge in [0.1, 0.15) is 0 Å². The van der Waals surface area contributed by atoms with Crippen molar-refractivity contribution in [1.29, 1.82) is 0 Å². The van der Waals surface area contributed by atoms with Crippen LogP contribution in [0.4, 0.5) is 4.79 Å². The molecule has 0 aliphatic carbocycles. The molecule has 24 heavy (non-hydrogen) atoms. The highest BCUT2D eigenvalue weighted by atomic mass is 16.5. The summed E-state index contributed by atoms with van der Waals surface area (Å²) in [5.74, 6) is 1.35. The lowest BCUT2D eigenvalue weighted by atomic mass is 10.1. The number of methoxy groups -OCH3 is 1. The van der Waals surface area contributed by atoms with Crippen LogP contribution >= 0.6 is 0 Å². The van der Waals surface area contributed by atoms with Crippen LogP contribution in [0.2, 0.25) is 0 Å². The van der Waals surface area contributed by atoms with E-state index in [1.165, 1.54) is 0 Å². The highest BCUT2D eigenvalue weighted by Gasteiger charge is 2.15. The molecule has 1 aromatic carbocycles. The third kappa shape index (κ3) is 4.65. The Labute approximate surface area is 142 Å². The second kappa shape index (κ2) is 8.81. The van der Waals surface area contributed by atoms with Crippen molar-refractivity contribution in [3.8, 4) is 11.5 Å². The zero-order valence-corrected chi connectivity index (χ0v) is 14.3. The first-order chi connectivity index (χ1) is 11.7. The summed E-state index contributed by atoms with van der Waals surface area (Å²) >= 11 is 0. The smallest absolute Gasteiger partial charge is 0.317 e. The molecule has 0 unspecified atom stereocenters. The maximum Gasteiger partial charge on any atom is 0.317 e. The molecule has 130 valence electrons. The van der Waals surface area contributed by atoms with Gasteiger partial charge in [-0.05, 0) is 13.0 Å². The summed E-state index contributed by atoms with van der Waals surface area (Å²) in [6.45, 7) is 3.43. The van der Waals surface area contributed by atoms with Crippen LogP contribution in [-0.2, 0) is 13.0 Å². The first-order valence-corrected chi connectivity index (χ1v) is 7.90. The molecule has 0 saturated heterocycles. The molecule has 0 fully saturated rings. The molecule has 7 nitrogen and oxygen atoms in total. The van der Waals surface area contributed by atoms with Gasteiger partial charge in [-0.1, -0.05) is 12.1 Å². The topological polar surface area (TPSA) is 79.5 Å². The van der Waals surface area contributed by atoms with E-state index < -0.39 is 0 Å². The van der Waals surface area contributed by atoms with Crippen LogP contribution in [0.25, 0.3) is 0 Å². The molecule has 2 N–H and O–H groups in total. The highest BCUT2D eigenvalue weighted by Crippen LogP contribution is 2.31. The van der Waals surface area contributed by atoms with Crippen molar-refractivity contribution < 1.29 is 14.3 Å². The molecule has 0 atom stereocenters. The van der Waals surface area contributed by atoms with Gasteiger partial charge in [-0.3, -0.25) is 0 Å². The van der Waals surface area contributed by atoms with Gasteiger partial charge in [-0.15, -0.1) is 0 Å². The number of carbonyl (C=O) groups is 1. The Morgan fingerprint density at radius 3 is 2.92 bits per heavy atom. The number of carbonyl (C=O) groups excluding carboxylic acids is 1. The lowest BCUT2D eigenvalue weighted by Crippen LogP contribution is -2.37. The second-order valence-electron chi connectivity index (χ2n) is 5.30. The van der Waals surface area contributed by atoms with Crippen molar-refractivity contribution in [2.45, 2.75) is 19.9 Å². The Balaban J connectivity index is 1.93. The van der Waals surface area contributed by atoms with Gasteiger partial charge in [0, 0.05) is 37.5 Å². The largest absolute Gasteiger partial charge is 0.493 e. The molecule has 0 aliphatic heterocycles. The molecule has 0 spiro atoms. The summed E-state index contributed by atoms with van der Waals surface area (Å²) in [5.41, 5.74) is 1.90. The standard InChI is InChI=1S/C17H24N4O3/c1-4-24-16-13(6-5-7-15(16)23-3)11-21(2)17(22)19-9-8-14-10-18-12-20-14/h5-7,10,12H,4,8-9,11H2,1-3H3,(H,18,20)(H,19,22). The zero-order chi connectivity index (χ0) is 17.4. The lowest BCUT2D eigenvalue weighted by Gasteiger charge is -2.20. The number of H-pyrrole nitrogens is 1. The molecular formula is C17H24N4O3. The summed E-state index contributed by atoms with van der Waals surface area (Å²) in [6.07, 6.45) is 4.09. The summed E-state index contributed by atoms with van der Waals surface area (Å²) in [4.78, 5) is 20.8. The van der Waals surface area contributed by atoms with Crippen molar-refractivity contribution in [2.75, 3.05) is 27.3 Å². The van der Waals surface area contributed by atoms with Gasteiger partial charge in [-0.25, -0.2) is 9.78 Å². The molecule has 2 aromatic rings. The van der Waals surface area contributed by atoms with E-state index in [1.54, 1.807) is 31.6 Å². The average molecular weight is 332 g/mol. The monoisotopic (exact) mass is 332 g/mol. The quantitative estimate of drug-likeness (QED) is 0.777. The van der Waals surface area contributed by atoms with Gasteiger partial charge in [0.15, 0.2) is 11.5 Å². The number of hydrogen-bond acceptors (Lipinski definition) is 4. The van der Waals surface area contributed by atoms with Crippen LogP contribution in [-0.4, -0.2) is 48.2 Å². The van der Waals surface area contributed by atoms with Crippen molar-refractivity contribution in [3.63, 3.8) is 0 Å². The number of amides is 2. The van der Waals surface area contributed by atoms with Gasteiger partial charge in [0.2, 0.25) is 0 Å². The fourth-order valence-corrected chi connectivity index (χ4v) is 2.34. The number of aromatic amines is 1. The van der Waals surface area contributed by atoms with E-state index in [9.17, 15) is 4.79 Å². The summed E-state index contributed by atoms with van der Waals surface area (Å²) in [6, 6.07) is 5.53. The minimum atomic E-state index is -0.139. The predicted molar refractivity (Wildman–Crippen MR) is 91.3 cm³/mol. The third-order valence-corrected chi connectivity index (χ3v) is 3.55. The number of para-hydroxylation sites is 1. The summed E-state index contributed by atoms with van der Waals surface area (Å²) < 4.78 is 11.0. The number of imidazole rings is 1. The van der Waals surface area contributed by atoms with E-state index >= 15 is 0 Å². The molecule has 0 bridgehead atoms. The Hall–Kier alpha value is -2.70. The SMILES string of the molecule is CCOc1c(CN(C)C(=O)NCCc2cnc[nH]2)cccc1OC. The van der Waals surface area contributed by atoms with Gasteiger partial charge >= 0.3 is 6.03 Å². The molecule has 7 heteroatoms. The highest BCUT2D eigenvalue weighted by molar-refractivity contribution is 5.74. The van der Waals surface area contributed by atoms with Crippen molar-refractivity contribution in [1.82, 2.24) is 20.2 Å². The molecule has 0 saturated carbocycles. The molecule has 1 heterocycles. The van der Waals surface area contributed by atoms with Crippen LogP contribution in [0.15, 0.2) is 30.7 Å². The van der Waals surface area contributed by atoms with Gasteiger partial charge < -0.3 is 24.7 Å². The minimum absolute atomic E-state index is 0.139. The molecular weight excluding hydrogens is 308 g/mol. The Morgan fingerprint density at radius 2 is 2.25 bits per heavy atom. The number of hydrogen-bond donors (Lipinski definition) is 2. The van der Waals surface area contributed by atoms with E-state index in [4.69, 9.17) is 9.47 Å². The Morgan fingerprint density at radius 1 is 1.42 bits per heavy atom. The van der Waals surface area contributed by atoms with Gasteiger partial charge in [-0.2, -0.15) is 0 Å². The van der Waals surface area contributed by atoms with E-state index in [2.05, 4.69) is 15.3 Å². The maximum absolute atomic E-state index is 12.2. The summed E-state index contributed by atoms with van der Waals surface area (Å²) in [7, 11) is 3.36. The van der Waals surface area contributed by atoms with Crippen LogP contribution in [0, 0.1) is 0 Å². The Bertz CT molecular complexity index is 643. The van der Waals surface area contributed by atoms with Gasteiger partial charge in [0.25, 0.3) is 0 Å². The molecule has 0 radical (unpaired) electrons. The normalized spacial score (nSPS) is 10.3. The van der Waals surface area contributed by atoms with Crippen molar-refractivity contribution in [3.05, 3.63) is 42.0 Å². The van der Waals surface area contributed by atoms with E-state index in [-0.39, 0.29) is 6.03 Å². The lowest BCUT2D eigenvalue weighted by molar-refractivity contribution is 0.206. The van der Waals surface area contributed by atoms with Crippen LogP contribution in [0.5, 0.6) is 11.5 Å². The fraction of sp³-hybridized carbons (Fsp3) is 0.412. The number of nitrogens with zero attached hydrogens (tertiary/aromatic N) is 2. The number of benzene rings is 1. The second-order valence-corrected chi connectivity index (χ2v) is 5.30.